The van der Waals surface area contributed by atoms with Gasteiger partial charge in [-0.05, 0) is 30.9 Å². The molecule has 1 aromatic carbocycles. The van der Waals surface area contributed by atoms with Crippen LogP contribution in [0.3, 0.4) is 0 Å². The summed E-state index contributed by atoms with van der Waals surface area (Å²) in [6, 6.07) is 6.19. The number of hydrogen-bond acceptors (Lipinski definition) is 4. The SMILES string of the molecule is COc1ccc2c(c1)OCC(CNC(=O)CCC(=O)N(C)C1CCCCC1)C2. The van der Waals surface area contributed by atoms with Crippen LogP contribution in [0, 0.1) is 5.92 Å². The predicted molar refractivity (Wildman–Crippen MR) is 108 cm³/mol. The van der Waals surface area contributed by atoms with Crippen LogP contribution >= 0.6 is 0 Å². The van der Waals surface area contributed by atoms with Gasteiger partial charge in [0.25, 0.3) is 0 Å². The molecule has 2 amide bonds. The lowest BCUT2D eigenvalue weighted by molar-refractivity contribution is -0.134. The summed E-state index contributed by atoms with van der Waals surface area (Å²) in [4.78, 5) is 26.4. The summed E-state index contributed by atoms with van der Waals surface area (Å²) in [5, 5.41) is 2.97. The van der Waals surface area contributed by atoms with Crippen molar-refractivity contribution in [2.75, 3.05) is 27.3 Å². The summed E-state index contributed by atoms with van der Waals surface area (Å²) in [5.41, 5.74) is 1.13. The highest BCUT2D eigenvalue weighted by atomic mass is 16.5. The first-order chi connectivity index (χ1) is 13.6. The van der Waals surface area contributed by atoms with Gasteiger partial charge in [0.05, 0.1) is 13.7 Å². The van der Waals surface area contributed by atoms with Gasteiger partial charge in [0.2, 0.25) is 11.8 Å². The Labute approximate surface area is 167 Å². The first kappa shape index (κ1) is 20.5. The molecule has 2 aliphatic rings. The molecule has 28 heavy (non-hydrogen) atoms. The van der Waals surface area contributed by atoms with Gasteiger partial charge in [-0.25, -0.2) is 0 Å². The fourth-order valence-corrected chi connectivity index (χ4v) is 4.09. The van der Waals surface area contributed by atoms with E-state index in [1.165, 1.54) is 19.3 Å². The highest BCUT2D eigenvalue weighted by Crippen LogP contribution is 2.30. The second-order valence-corrected chi connectivity index (χ2v) is 7.96. The lowest BCUT2D eigenvalue weighted by atomic mass is 9.94. The number of amides is 2. The van der Waals surface area contributed by atoms with Crippen LogP contribution in [0.25, 0.3) is 0 Å². The highest BCUT2D eigenvalue weighted by molar-refractivity contribution is 5.83. The largest absolute Gasteiger partial charge is 0.497 e. The molecule has 1 aliphatic carbocycles. The van der Waals surface area contributed by atoms with E-state index < -0.39 is 0 Å². The zero-order chi connectivity index (χ0) is 19.9. The van der Waals surface area contributed by atoms with E-state index in [1.54, 1.807) is 7.11 Å². The van der Waals surface area contributed by atoms with E-state index in [1.807, 2.05) is 30.1 Å². The molecule has 6 nitrogen and oxygen atoms in total. The topological polar surface area (TPSA) is 67.9 Å². The lowest BCUT2D eigenvalue weighted by Crippen LogP contribution is -2.39. The van der Waals surface area contributed by atoms with Crippen LogP contribution in [-0.4, -0.2) is 50.1 Å². The summed E-state index contributed by atoms with van der Waals surface area (Å²) < 4.78 is 11.0. The number of benzene rings is 1. The number of nitrogens with zero attached hydrogens (tertiary/aromatic N) is 1. The number of hydrogen-bond donors (Lipinski definition) is 1. The van der Waals surface area contributed by atoms with E-state index in [0.29, 0.717) is 19.2 Å². The quantitative estimate of drug-likeness (QED) is 0.780. The van der Waals surface area contributed by atoms with Crippen molar-refractivity contribution < 1.29 is 19.1 Å². The molecule has 1 heterocycles. The Bertz CT molecular complexity index is 685. The summed E-state index contributed by atoms with van der Waals surface area (Å²) >= 11 is 0. The molecule has 1 atom stereocenters. The molecule has 1 fully saturated rings. The van der Waals surface area contributed by atoms with Crippen molar-refractivity contribution in [3.05, 3.63) is 23.8 Å². The molecule has 154 valence electrons. The van der Waals surface area contributed by atoms with Crippen molar-refractivity contribution in [3.8, 4) is 11.5 Å². The molecule has 0 saturated heterocycles. The van der Waals surface area contributed by atoms with Gasteiger partial charge in [0.15, 0.2) is 0 Å². The average Bonchev–Trinajstić information content (AvgIpc) is 2.75. The second kappa shape index (κ2) is 9.80. The summed E-state index contributed by atoms with van der Waals surface area (Å²) in [7, 11) is 3.52. The van der Waals surface area contributed by atoms with Gasteiger partial charge >= 0.3 is 0 Å². The Morgan fingerprint density at radius 3 is 2.75 bits per heavy atom. The van der Waals surface area contributed by atoms with Gasteiger partial charge < -0.3 is 19.7 Å². The Kier molecular flexibility index (Phi) is 7.18. The fraction of sp³-hybridized carbons (Fsp3) is 0.636. The van der Waals surface area contributed by atoms with Crippen LogP contribution in [0.5, 0.6) is 11.5 Å². The maximum Gasteiger partial charge on any atom is 0.223 e. The summed E-state index contributed by atoms with van der Waals surface area (Å²) in [6.45, 7) is 1.14. The van der Waals surface area contributed by atoms with Crippen LogP contribution in [0.1, 0.15) is 50.5 Å². The van der Waals surface area contributed by atoms with Crippen molar-refractivity contribution in [1.29, 1.82) is 0 Å². The van der Waals surface area contributed by atoms with Crippen molar-refractivity contribution in [1.82, 2.24) is 10.2 Å². The van der Waals surface area contributed by atoms with Gasteiger partial charge in [-0.1, -0.05) is 25.3 Å². The summed E-state index contributed by atoms with van der Waals surface area (Å²) in [5.74, 6) is 1.90. The molecule has 1 unspecified atom stereocenters. The second-order valence-electron chi connectivity index (χ2n) is 7.96. The molecule has 1 aromatic rings. The van der Waals surface area contributed by atoms with Crippen molar-refractivity contribution in [3.63, 3.8) is 0 Å². The first-order valence-electron chi connectivity index (χ1n) is 10.4. The number of carbonyl (C=O) groups excluding carboxylic acids is 2. The smallest absolute Gasteiger partial charge is 0.223 e. The lowest BCUT2D eigenvalue weighted by Gasteiger charge is -2.31. The van der Waals surface area contributed by atoms with Crippen LogP contribution in [-0.2, 0) is 16.0 Å². The fourth-order valence-electron chi connectivity index (χ4n) is 4.09. The minimum Gasteiger partial charge on any atom is -0.497 e. The van der Waals surface area contributed by atoms with Gasteiger partial charge in [0, 0.05) is 44.5 Å². The van der Waals surface area contributed by atoms with Crippen LogP contribution < -0.4 is 14.8 Å². The van der Waals surface area contributed by atoms with Crippen LogP contribution in [0.4, 0.5) is 0 Å². The van der Waals surface area contributed by atoms with Crippen molar-refractivity contribution in [2.24, 2.45) is 5.92 Å². The Hall–Kier alpha value is -2.24. The van der Waals surface area contributed by atoms with E-state index in [2.05, 4.69) is 5.32 Å². The monoisotopic (exact) mass is 388 g/mol. The van der Waals surface area contributed by atoms with Crippen LogP contribution in [0.15, 0.2) is 18.2 Å². The zero-order valence-electron chi connectivity index (χ0n) is 17.0. The van der Waals surface area contributed by atoms with Gasteiger partial charge in [-0.3, -0.25) is 9.59 Å². The number of fused-ring (bicyclic) bond motifs is 1. The number of carbonyl (C=O) groups is 2. The van der Waals surface area contributed by atoms with E-state index in [9.17, 15) is 9.59 Å². The third-order valence-corrected chi connectivity index (χ3v) is 5.93. The minimum absolute atomic E-state index is 0.0640. The predicted octanol–water partition coefficient (Wildman–Crippen LogP) is 2.93. The first-order valence-corrected chi connectivity index (χ1v) is 10.4. The molecule has 1 saturated carbocycles. The molecule has 6 heteroatoms. The number of methoxy groups -OCH3 is 1. The number of ether oxygens (including phenoxy) is 2. The van der Waals surface area contributed by atoms with E-state index >= 15 is 0 Å². The zero-order valence-corrected chi connectivity index (χ0v) is 17.0. The Morgan fingerprint density at radius 2 is 2.00 bits per heavy atom. The van der Waals surface area contributed by atoms with Crippen LogP contribution in [0.2, 0.25) is 0 Å². The molecule has 0 radical (unpaired) electrons. The standard InChI is InChI=1S/C22H32N2O4/c1-24(18-6-4-3-5-7-18)22(26)11-10-21(25)23-14-16-12-17-8-9-19(27-2)13-20(17)28-15-16/h8-9,13,16,18H,3-7,10-12,14-15H2,1-2H3,(H,23,25). The highest BCUT2D eigenvalue weighted by Gasteiger charge is 2.23. The molecule has 0 aromatic heterocycles. The minimum atomic E-state index is -0.0640. The number of rotatable bonds is 7. The molecule has 1 aliphatic heterocycles. The molecule has 3 rings (SSSR count). The van der Waals surface area contributed by atoms with E-state index in [-0.39, 0.29) is 30.6 Å². The maximum absolute atomic E-state index is 12.4. The molecule has 0 bridgehead atoms. The van der Waals surface area contributed by atoms with Crippen molar-refractivity contribution >= 4 is 11.8 Å². The maximum atomic E-state index is 12.4. The molecule has 1 N–H and O–H groups in total. The molecule has 0 spiro atoms. The van der Waals surface area contributed by atoms with E-state index in [4.69, 9.17) is 9.47 Å². The summed E-state index contributed by atoms with van der Waals surface area (Å²) in [6.07, 6.45) is 7.23. The van der Waals surface area contributed by atoms with Gasteiger partial charge in [-0.2, -0.15) is 0 Å². The van der Waals surface area contributed by atoms with Crippen molar-refractivity contribution in [2.45, 2.75) is 57.4 Å². The molecular weight excluding hydrogens is 356 g/mol. The number of nitrogens with one attached hydrogen (secondary N) is 1. The normalized spacial score (nSPS) is 19.3. The molecular formula is C22H32N2O4. The third kappa shape index (κ3) is 5.40. The van der Waals surface area contributed by atoms with Gasteiger partial charge in [-0.15, -0.1) is 0 Å². The van der Waals surface area contributed by atoms with Gasteiger partial charge in [0.1, 0.15) is 11.5 Å². The van der Waals surface area contributed by atoms with E-state index in [0.717, 1.165) is 36.3 Å². The Morgan fingerprint density at radius 1 is 1.21 bits per heavy atom. The third-order valence-electron chi connectivity index (χ3n) is 5.93. The average molecular weight is 389 g/mol. The Balaban J connectivity index is 1.38.